The lowest BCUT2D eigenvalue weighted by atomic mass is 9.95. The third-order valence-electron chi connectivity index (χ3n) is 7.90. The lowest BCUT2D eigenvalue weighted by molar-refractivity contribution is -0.139. The quantitative estimate of drug-likeness (QED) is 0.323. The van der Waals surface area contributed by atoms with Gasteiger partial charge in [-0.15, -0.1) is 0 Å². The smallest absolute Gasteiger partial charge is 0.264 e. The van der Waals surface area contributed by atoms with E-state index in [-0.39, 0.29) is 23.4 Å². The van der Waals surface area contributed by atoms with Gasteiger partial charge in [0.05, 0.1) is 17.7 Å². The third kappa shape index (κ3) is 7.50. The molecule has 0 radical (unpaired) electrons. The predicted octanol–water partition coefficient (Wildman–Crippen LogP) is 5.37. The molecule has 3 aromatic rings. The van der Waals surface area contributed by atoms with Crippen molar-refractivity contribution >= 4 is 27.5 Å². The van der Waals surface area contributed by atoms with Gasteiger partial charge in [0.2, 0.25) is 11.8 Å². The summed E-state index contributed by atoms with van der Waals surface area (Å²) < 4.78 is 34.5. The average molecular weight is 592 g/mol. The number of sulfonamides is 1. The van der Waals surface area contributed by atoms with Crippen LogP contribution in [0, 0.1) is 13.8 Å². The summed E-state index contributed by atoms with van der Waals surface area (Å²) in [6.45, 7) is 5.07. The Kier molecular flexibility index (Phi) is 10.3. The second-order valence-corrected chi connectivity index (χ2v) is 12.9. The number of nitrogens with zero attached hydrogens (tertiary/aromatic N) is 2. The van der Waals surface area contributed by atoms with Crippen molar-refractivity contribution in [2.45, 2.75) is 76.4 Å². The molecule has 0 saturated heterocycles. The summed E-state index contributed by atoms with van der Waals surface area (Å²) in [4.78, 5) is 29.2. The molecule has 0 aliphatic heterocycles. The van der Waals surface area contributed by atoms with Crippen molar-refractivity contribution in [1.82, 2.24) is 10.2 Å². The fraction of sp³-hybridized carbons (Fsp3) is 0.394. The zero-order chi connectivity index (χ0) is 30.3. The Morgan fingerprint density at radius 3 is 2.19 bits per heavy atom. The molecule has 1 unspecified atom stereocenters. The minimum atomic E-state index is -4.10. The SMILES string of the molecule is COc1ccc(CN(C(=O)CN(c2ccccc2C)S(=O)(=O)c2ccc(C)cc2)C(C)C(=O)NC2CCCCC2)cc1. The Morgan fingerprint density at radius 1 is 0.929 bits per heavy atom. The molecule has 3 aromatic carbocycles. The van der Waals surface area contributed by atoms with Crippen LogP contribution in [0.15, 0.2) is 77.7 Å². The lowest BCUT2D eigenvalue weighted by Gasteiger charge is -2.33. The van der Waals surface area contributed by atoms with E-state index in [4.69, 9.17) is 4.74 Å². The summed E-state index contributed by atoms with van der Waals surface area (Å²) in [6.07, 6.45) is 5.13. The molecule has 1 aliphatic carbocycles. The molecular formula is C33H41N3O5S. The first-order chi connectivity index (χ1) is 20.1. The van der Waals surface area contributed by atoms with E-state index < -0.39 is 28.5 Å². The molecule has 0 bridgehead atoms. The maximum absolute atomic E-state index is 14.2. The van der Waals surface area contributed by atoms with E-state index in [1.807, 2.05) is 38.1 Å². The number of anilines is 1. The first-order valence-corrected chi connectivity index (χ1v) is 15.9. The Morgan fingerprint density at radius 2 is 1.57 bits per heavy atom. The maximum Gasteiger partial charge on any atom is 0.264 e. The van der Waals surface area contributed by atoms with Crippen LogP contribution < -0.4 is 14.4 Å². The molecule has 1 saturated carbocycles. The van der Waals surface area contributed by atoms with Crippen LogP contribution in [-0.4, -0.2) is 50.9 Å². The van der Waals surface area contributed by atoms with E-state index in [1.54, 1.807) is 62.6 Å². The zero-order valence-corrected chi connectivity index (χ0v) is 25.7. The van der Waals surface area contributed by atoms with Crippen LogP contribution in [0.3, 0.4) is 0 Å². The van der Waals surface area contributed by atoms with Crippen molar-refractivity contribution in [3.05, 3.63) is 89.5 Å². The van der Waals surface area contributed by atoms with E-state index in [0.717, 1.165) is 47.5 Å². The normalized spacial score (nSPS) is 14.6. The number of hydrogen-bond donors (Lipinski definition) is 1. The second kappa shape index (κ2) is 13.9. The van der Waals surface area contributed by atoms with Crippen LogP contribution in [0.5, 0.6) is 5.75 Å². The van der Waals surface area contributed by atoms with Crippen LogP contribution in [0.1, 0.15) is 55.7 Å². The van der Waals surface area contributed by atoms with E-state index in [0.29, 0.717) is 17.0 Å². The molecule has 4 rings (SSSR count). The summed E-state index contributed by atoms with van der Waals surface area (Å²) in [5.74, 6) is -0.0433. The maximum atomic E-state index is 14.2. The van der Waals surface area contributed by atoms with Gasteiger partial charge in [0, 0.05) is 12.6 Å². The highest BCUT2D eigenvalue weighted by atomic mass is 32.2. The molecule has 0 heterocycles. The minimum Gasteiger partial charge on any atom is -0.497 e. The van der Waals surface area contributed by atoms with Gasteiger partial charge in [-0.1, -0.05) is 67.3 Å². The third-order valence-corrected chi connectivity index (χ3v) is 9.68. The van der Waals surface area contributed by atoms with Gasteiger partial charge in [-0.05, 0) is 75.1 Å². The summed E-state index contributed by atoms with van der Waals surface area (Å²) in [5, 5.41) is 3.13. The number of benzene rings is 3. The van der Waals surface area contributed by atoms with E-state index in [2.05, 4.69) is 5.32 Å². The molecular weight excluding hydrogens is 550 g/mol. The lowest BCUT2D eigenvalue weighted by Crippen LogP contribution is -2.53. The Bertz CT molecular complexity index is 1470. The summed E-state index contributed by atoms with van der Waals surface area (Å²) in [5.41, 5.74) is 2.85. The fourth-order valence-corrected chi connectivity index (χ4v) is 6.75. The van der Waals surface area contributed by atoms with Gasteiger partial charge >= 0.3 is 0 Å². The number of para-hydroxylation sites is 1. The Hall–Kier alpha value is -3.85. The molecule has 1 fully saturated rings. The molecule has 42 heavy (non-hydrogen) atoms. The van der Waals surface area contributed by atoms with Crippen molar-refractivity contribution < 1.29 is 22.7 Å². The van der Waals surface area contributed by atoms with Gasteiger partial charge in [0.1, 0.15) is 18.3 Å². The monoisotopic (exact) mass is 591 g/mol. The molecule has 0 spiro atoms. The van der Waals surface area contributed by atoms with E-state index in [1.165, 1.54) is 4.90 Å². The standard InChI is InChI=1S/C33H41N3O5S/c1-24-14-20-30(21-15-24)42(39,40)36(31-13-9-8-10-25(31)2)23-32(37)35(22-27-16-18-29(41-4)19-17-27)26(3)33(38)34-28-11-6-5-7-12-28/h8-10,13-21,26,28H,5-7,11-12,22-23H2,1-4H3,(H,34,38). The first-order valence-electron chi connectivity index (χ1n) is 14.5. The summed E-state index contributed by atoms with van der Waals surface area (Å²) >= 11 is 0. The van der Waals surface area contributed by atoms with Crippen LogP contribution in [0.25, 0.3) is 0 Å². The first kappa shape index (κ1) is 31.1. The molecule has 1 aliphatic rings. The highest BCUT2D eigenvalue weighted by molar-refractivity contribution is 7.92. The van der Waals surface area contributed by atoms with Gasteiger partial charge in [-0.3, -0.25) is 13.9 Å². The van der Waals surface area contributed by atoms with Gasteiger partial charge in [0.15, 0.2) is 0 Å². The number of nitrogens with one attached hydrogen (secondary N) is 1. The number of carbonyl (C=O) groups is 2. The average Bonchev–Trinajstić information content (AvgIpc) is 2.99. The topological polar surface area (TPSA) is 96.0 Å². The van der Waals surface area contributed by atoms with Gasteiger partial charge in [0.25, 0.3) is 10.0 Å². The molecule has 2 amide bonds. The largest absolute Gasteiger partial charge is 0.497 e. The predicted molar refractivity (Wildman–Crippen MR) is 165 cm³/mol. The number of amides is 2. The van der Waals surface area contributed by atoms with E-state index >= 15 is 0 Å². The zero-order valence-electron chi connectivity index (χ0n) is 24.9. The van der Waals surface area contributed by atoms with Crippen LogP contribution in [0.4, 0.5) is 5.69 Å². The van der Waals surface area contributed by atoms with Gasteiger partial charge in [-0.2, -0.15) is 0 Å². The number of carbonyl (C=O) groups excluding carboxylic acids is 2. The highest BCUT2D eigenvalue weighted by Gasteiger charge is 2.33. The molecule has 0 aromatic heterocycles. The molecule has 1 N–H and O–H groups in total. The van der Waals surface area contributed by atoms with E-state index in [9.17, 15) is 18.0 Å². The van der Waals surface area contributed by atoms with Crippen LogP contribution in [-0.2, 0) is 26.2 Å². The highest BCUT2D eigenvalue weighted by Crippen LogP contribution is 2.28. The molecule has 224 valence electrons. The van der Waals surface area contributed by atoms with Crippen molar-refractivity contribution in [3.8, 4) is 5.75 Å². The van der Waals surface area contributed by atoms with Crippen molar-refractivity contribution in [2.24, 2.45) is 0 Å². The number of aryl methyl sites for hydroxylation is 2. The number of hydrogen-bond acceptors (Lipinski definition) is 5. The molecule has 1 atom stereocenters. The van der Waals surface area contributed by atoms with Gasteiger partial charge in [-0.25, -0.2) is 8.42 Å². The molecule has 9 heteroatoms. The summed E-state index contributed by atoms with van der Waals surface area (Å²) in [6, 6.07) is 20.2. The number of methoxy groups -OCH3 is 1. The Balaban J connectivity index is 1.68. The number of rotatable bonds is 11. The minimum absolute atomic E-state index is 0.0806. The summed E-state index contributed by atoms with van der Waals surface area (Å²) in [7, 11) is -2.52. The Labute approximate surface area is 249 Å². The molecule has 8 nitrogen and oxygen atoms in total. The number of ether oxygens (including phenoxy) is 1. The van der Waals surface area contributed by atoms with Crippen molar-refractivity contribution in [3.63, 3.8) is 0 Å². The fourth-order valence-electron chi connectivity index (χ4n) is 5.27. The van der Waals surface area contributed by atoms with Crippen molar-refractivity contribution in [2.75, 3.05) is 18.0 Å². The van der Waals surface area contributed by atoms with Crippen LogP contribution in [0.2, 0.25) is 0 Å². The van der Waals surface area contributed by atoms with Crippen LogP contribution >= 0.6 is 0 Å². The second-order valence-electron chi connectivity index (χ2n) is 11.0. The van der Waals surface area contributed by atoms with Crippen molar-refractivity contribution in [1.29, 1.82) is 0 Å². The van der Waals surface area contributed by atoms with Gasteiger partial charge < -0.3 is 15.0 Å².